The molecule has 17 heavy (non-hydrogen) atoms. The van der Waals surface area contributed by atoms with E-state index in [0.717, 1.165) is 6.07 Å². The topological polar surface area (TPSA) is 115 Å². The van der Waals surface area contributed by atoms with Gasteiger partial charge in [0.25, 0.3) is 5.91 Å². The second kappa shape index (κ2) is 5.11. The molecule has 0 atom stereocenters. The fourth-order valence-electron chi connectivity index (χ4n) is 1.08. The summed E-state index contributed by atoms with van der Waals surface area (Å²) in [7, 11) is -3.63. The lowest BCUT2D eigenvalue weighted by atomic mass is 10.2. The molecule has 0 saturated heterocycles. The van der Waals surface area contributed by atoms with Crippen LogP contribution in [0.2, 0.25) is 0 Å². The first-order valence-corrected chi connectivity index (χ1v) is 6.35. The number of nitrogens with one attached hydrogen (secondary N) is 1. The molecule has 8 heteroatoms. The predicted molar refractivity (Wildman–Crippen MR) is 61.1 cm³/mol. The molecular weight excluding hydrogens is 249 g/mol. The standard InChI is InChI=1S/C9H12FN3O3S/c10-7-5-6(1-2-8(7)11)9(14)13-3-4-17(12,15)16/h1-2,5H,3-4,11H2,(H,13,14)(H2,12,15,16). The van der Waals surface area contributed by atoms with E-state index in [9.17, 15) is 17.6 Å². The normalized spacial score (nSPS) is 11.2. The van der Waals surface area contributed by atoms with Gasteiger partial charge in [-0.3, -0.25) is 4.79 Å². The van der Waals surface area contributed by atoms with Crippen molar-refractivity contribution in [1.82, 2.24) is 5.32 Å². The number of hydrogen-bond acceptors (Lipinski definition) is 4. The van der Waals surface area contributed by atoms with Crippen LogP contribution in [0.15, 0.2) is 18.2 Å². The highest BCUT2D eigenvalue weighted by molar-refractivity contribution is 7.89. The Balaban J connectivity index is 2.61. The number of anilines is 1. The van der Waals surface area contributed by atoms with E-state index in [0.29, 0.717) is 0 Å². The molecule has 0 fully saturated rings. The lowest BCUT2D eigenvalue weighted by Gasteiger charge is -2.05. The Kier molecular flexibility index (Phi) is 4.02. The molecule has 94 valence electrons. The highest BCUT2D eigenvalue weighted by atomic mass is 32.2. The van der Waals surface area contributed by atoms with Crippen LogP contribution in [0.4, 0.5) is 10.1 Å². The lowest BCUT2D eigenvalue weighted by Crippen LogP contribution is -2.31. The second-order valence-electron chi connectivity index (χ2n) is 3.36. The van der Waals surface area contributed by atoms with Crippen molar-refractivity contribution in [2.45, 2.75) is 0 Å². The monoisotopic (exact) mass is 261 g/mol. The molecule has 1 amide bonds. The third-order valence-electron chi connectivity index (χ3n) is 1.93. The quantitative estimate of drug-likeness (QED) is 0.629. The smallest absolute Gasteiger partial charge is 0.251 e. The van der Waals surface area contributed by atoms with E-state index in [1.807, 2.05) is 0 Å². The molecule has 1 rings (SSSR count). The van der Waals surface area contributed by atoms with Crippen LogP contribution in [0.1, 0.15) is 10.4 Å². The van der Waals surface area contributed by atoms with Gasteiger partial charge in [-0.1, -0.05) is 0 Å². The maximum atomic E-state index is 13.0. The number of halogens is 1. The summed E-state index contributed by atoms with van der Waals surface area (Å²) >= 11 is 0. The summed E-state index contributed by atoms with van der Waals surface area (Å²) in [6.07, 6.45) is 0. The van der Waals surface area contributed by atoms with E-state index < -0.39 is 21.7 Å². The summed E-state index contributed by atoms with van der Waals surface area (Å²) in [5.41, 5.74) is 5.24. The van der Waals surface area contributed by atoms with E-state index in [2.05, 4.69) is 5.32 Å². The SMILES string of the molecule is Nc1ccc(C(=O)NCCS(N)(=O)=O)cc1F. The molecule has 1 aromatic carbocycles. The fraction of sp³-hybridized carbons (Fsp3) is 0.222. The number of primary sulfonamides is 1. The highest BCUT2D eigenvalue weighted by Gasteiger charge is 2.09. The first kappa shape index (κ1) is 13.4. The zero-order valence-electron chi connectivity index (χ0n) is 8.81. The fourth-order valence-corrected chi connectivity index (χ4v) is 1.46. The van der Waals surface area contributed by atoms with Gasteiger partial charge in [0.2, 0.25) is 10.0 Å². The second-order valence-corrected chi connectivity index (χ2v) is 5.09. The van der Waals surface area contributed by atoms with Crippen LogP contribution in [0.5, 0.6) is 0 Å². The van der Waals surface area contributed by atoms with Gasteiger partial charge in [-0.25, -0.2) is 17.9 Å². The summed E-state index contributed by atoms with van der Waals surface area (Å²) in [5.74, 6) is -1.67. The minimum atomic E-state index is -3.63. The number of amides is 1. The number of carbonyl (C=O) groups excluding carboxylic acids is 1. The van der Waals surface area contributed by atoms with E-state index in [-0.39, 0.29) is 23.5 Å². The maximum Gasteiger partial charge on any atom is 0.251 e. The van der Waals surface area contributed by atoms with Crippen molar-refractivity contribution in [2.75, 3.05) is 18.0 Å². The summed E-state index contributed by atoms with van der Waals surface area (Å²) in [4.78, 5) is 11.4. The number of hydrogen-bond donors (Lipinski definition) is 3. The number of rotatable bonds is 4. The van der Waals surface area contributed by atoms with Gasteiger partial charge in [-0.15, -0.1) is 0 Å². The van der Waals surface area contributed by atoms with Gasteiger partial charge in [0.1, 0.15) is 5.82 Å². The molecule has 0 aliphatic carbocycles. The summed E-state index contributed by atoms with van der Waals surface area (Å²) in [6, 6.07) is 3.57. The molecule has 0 heterocycles. The maximum absolute atomic E-state index is 13.0. The molecular formula is C9H12FN3O3S. The Morgan fingerprint density at radius 2 is 2.06 bits per heavy atom. The molecule has 0 aromatic heterocycles. The number of nitrogens with two attached hydrogens (primary N) is 2. The van der Waals surface area contributed by atoms with Gasteiger partial charge in [-0.2, -0.15) is 0 Å². The van der Waals surface area contributed by atoms with Crippen LogP contribution in [0, 0.1) is 5.82 Å². The van der Waals surface area contributed by atoms with E-state index in [4.69, 9.17) is 10.9 Å². The van der Waals surface area contributed by atoms with Crippen molar-refractivity contribution in [2.24, 2.45) is 5.14 Å². The number of nitrogen functional groups attached to an aromatic ring is 1. The van der Waals surface area contributed by atoms with Gasteiger partial charge < -0.3 is 11.1 Å². The summed E-state index contributed by atoms with van der Waals surface area (Å²) < 4.78 is 34.2. The van der Waals surface area contributed by atoms with Gasteiger partial charge >= 0.3 is 0 Å². The van der Waals surface area contributed by atoms with Crippen LogP contribution in [0.25, 0.3) is 0 Å². The molecule has 5 N–H and O–H groups in total. The Morgan fingerprint density at radius 3 is 2.59 bits per heavy atom. The van der Waals surface area contributed by atoms with Gasteiger partial charge in [0, 0.05) is 12.1 Å². The average molecular weight is 261 g/mol. The molecule has 0 aliphatic rings. The van der Waals surface area contributed by atoms with Gasteiger partial charge in [-0.05, 0) is 18.2 Å². The third-order valence-corrected chi connectivity index (χ3v) is 2.71. The molecule has 6 nitrogen and oxygen atoms in total. The van der Waals surface area contributed by atoms with Crippen LogP contribution in [-0.4, -0.2) is 26.6 Å². The van der Waals surface area contributed by atoms with Crippen molar-refractivity contribution in [3.8, 4) is 0 Å². The van der Waals surface area contributed by atoms with Gasteiger partial charge in [0.15, 0.2) is 0 Å². The minimum Gasteiger partial charge on any atom is -0.396 e. The van der Waals surface area contributed by atoms with Crippen molar-refractivity contribution in [3.63, 3.8) is 0 Å². The first-order chi connectivity index (χ1) is 7.79. The molecule has 0 radical (unpaired) electrons. The third kappa shape index (κ3) is 4.37. The van der Waals surface area contributed by atoms with Crippen LogP contribution >= 0.6 is 0 Å². The Hall–Kier alpha value is -1.67. The Bertz CT molecular complexity index is 530. The van der Waals surface area contributed by atoms with Crippen molar-refractivity contribution < 1.29 is 17.6 Å². The molecule has 0 spiro atoms. The molecule has 0 aliphatic heterocycles. The Morgan fingerprint density at radius 1 is 1.41 bits per heavy atom. The number of benzene rings is 1. The molecule has 1 aromatic rings. The zero-order chi connectivity index (χ0) is 13.1. The van der Waals surface area contributed by atoms with Crippen LogP contribution < -0.4 is 16.2 Å². The number of sulfonamides is 1. The van der Waals surface area contributed by atoms with Crippen molar-refractivity contribution >= 4 is 21.6 Å². The number of carbonyl (C=O) groups is 1. The largest absolute Gasteiger partial charge is 0.396 e. The highest BCUT2D eigenvalue weighted by Crippen LogP contribution is 2.11. The van der Waals surface area contributed by atoms with E-state index in [1.165, 1.54) is 12.1 Å². The predicted octanol–water partition coefficient (Wildman–Crippen LogP) is -0.574. The van der Waals surface area contributed by atoms with E-state index in [1.54, 1.807) is 0 Å². The summed E-state index contributed by atoms with van der Waals surface area (Å²) in [5, 5.41) is 7.05. The minimum absolute atomic E-state index is 0.0612. The molecule has 0 bridgehead atoms. The average Bonchev–Trinajstić information content (AvgIpc) is 2.20. The van der Waals surface area contributed by atoms with E-state index >= 15 is 0 Å². The first-order valence-electron chi connectivity index (χ1n) is 4.63. The van der Waals surface area contributed by atoms with Crippen LogP contribution in [0.3, 0.4) is 0 Å². The van der Waals surface area contributed by atoms with Gasteiger partial charge in [0.05, 0.1) is 11.4 Å². The zero-order valence-corrected chi connectivity index (χ0v) is 9.63. The van der Waals surface area contributed by atoms with Crippen LogP contribution in [-0.2, 0) is 10.0 Å². The van der Waals surface area contributed by atoms with Crippen molar-refractivity contribution in [3.05, 3.63) is 29.6 Å². The molecule has 0 unspecified atom stereocenters. The van der Waals surface area contributed by atoms with Crippen molar-refractivity contribution in [1.29, 1.82) is 0 Å². The Labute approximate surface area is 97.8 Å². The lowest BCUT2D eigenvalue weighted by molar-refractivity contribution is 0.0955. The summed E-state index contributed by atoms with van der Waals surface area (Å²) in [6.45, 7) is -0.135. The molecule has 0 saturated carbocycles.